The van der Waals surface area contributed by atoms with Crippen LogP contribution in [0.1, 0.15) is 6.92 Å². The number of rotatable bonds is 7. The van der Waals surface area contributed by atoms with Crippen molar-refractivity contribution in [2.75, 3.05) is 5.32 Å². The molecule has 14 heteroatoms. The first-order chi connectivity index (χ1) is 21.2. The monoisotopic (exact) mass is 599 g/mol. The van der Waals surface area contributed by atoms with Crippen LogP contribution < -0.4 is 26.0 Å². The Labute approximate surface area is 246 Å². The summed E-state index contributed by atoms with van der Waals surface area (Å²) in [5, 5.41) is 10.8. The Morgan fingerprint density at radius 1 is 0.909 bits per heavy atom. The number of carbonyl (C=O) groups excluding carboxylic acids is 1. The lowest BCUT2D eigenvalue weighted by Crippen LogP contribution is -2.39. The van der Waals surface area contributed by atoms with Crippen molar-refractivity contribution in [3.05, 3.63) is 118 Å². The summed E-state index contributed by atoms with van der Waals surface area (Å²) in [5.74, 6) is -1.59. The molecule has 0 saturated heterocycles. The number of benzene rings is 2. The molecule has 6 rings (SSSR count). The fraction of sp³-hybridized carbons (Fsp3) is 0.100. The van der Waals surface area contributed by atoms with Gasteiger partial charge in [0.25, 0.3) is 0 Å². The number of aryl methyl sites for hydroxylation is 2. The van der Waals surface area contributed by atoms with Gasteiger partial charge in [0.2, 0.25) is 5.75 Å². The zero-order valence-corrected chi connectivity index (χ0v) is 23.3. The van der Waals surface area contributed by atoms with E-state index in [-0.39, 0.29) is 23.7 Å². The number of nitrogens with one attached hydrogen (secondary N) is 1. The van der Waals surface area contributed by atoms with Crippen LogP contribution in [0.5, 0.6) is 17.2 Å². The van der Waals surface area contributed by atoms with Gasteiger partial charge in [-0.05, 0) is 55.5 Å². The van der Waals surface area contributed by atoms with Crippen LogP contribution in [0.25, 0.3) is 22.3 Å². The first kappa shape index (κ1) is 28.1. The molecule has 0 atom stereocenters. The molecule has 222 valence electrons. The standard InChI is InChI=1S/C30H23F2N7O5/c1-3-37-17-27(28(40)39(30(37)42)22-7-4-20(31)5-8-22)44-29(41)35-21-6-9-25(23(32)13-21)43-26-12-18(19-14-34-36(2)15-19)16-38-24(26)10-11-33-38/h4-17H,3H2,1-2H3,(H,35,41). The summed E-state index contributed by atoms with van der Waals surface area (Å²) in [6.07, 6.45) is 6.89. The number of pyridine rings is 1. The van der Waals surface area contributed by atoms with E-state index < -0.39 is 34.7 Å². The van der Waals surface area contributed by atoms with E-state index in [0.717, 1.165) is 44.7 Å². The Bertz CT molecular complexity index is 2150. The first-order valence-electron chi connectivity index (χ1n) is 13.2. The van der Waals surface area contributed by atoms with E-state index in [4.69, 9.17) is 9.47 Å². The normalized spacial score (nSPS) is 11.1. The minimum absolute atomic E-state index is 0.0149. The van der Waals surface area contributed by atoms with Crippen LogP contribution in [0, 0.1) is 11.6 Å². The molecule has 0 unspecified atom stereocenters. The number of ether oxygens (including phenoxy) is 2. The van der Waals surface area contributed by atoms with E-state index in [9.17, 15) is 18.8 Å². The molecule has 12 nitrogen and oxygen atoms in total. The van der Waals surface area contributed by atoms with Crippen LogP contribution in [-0.4, -0.2) is 34.6 Å². The second kappa shape index (κ2) is 11.3. The average Bonchev–Trinajstić information content (AvgIpc) is 3.66. The summed E-state index contributed by atoms with van der Waals surface area (Å²) in [6, 6.07) is 11.9. The highest BCUT2D eigenvalue weighted by Crippen LogP contribution is 2.33. The summed E-state index contributed by atoms with van der Waals surface area (Å²) >= 11 is 0. The van der Waals surface area contributed by atoms with Crippen molar-refractivity contribution >= 4 is 17.3 Å². The summed E-state index contributed by atoms with van der Waals surface area (Å²) in [4.78, 5) is 38.6. The van der Waals surface area contributed by atoms with Crippen molar-refractivity contribution in [1.82, 2.24) is 28.5 Å². The van der Waals surface area contributed by atoms with E-state index in [2.05, 4.69) is 15.5 Å². The number of fused-ring (bicyclic) bond motifs is 1. The zero-order valence-electron chi connectivity index (χ0n) is 23.3. The van der Waals surface area contributed by atoms with Gasteiger partial charge in [-0.3, -0.25) is 19.4 Å². The maximum Gasteiger partial charge on any atom is 0.417 e. The van der Waals surface area contributed by atoms with Gasteiger partial charge in [-0.2, -0.15) is 10.2 Å². The van der Waals surface area contributed by atoms with Gasteiger partial charge in [0.05, 0.1) is 24.3 Å². The first-order valence-corrected chi connectivity index (χ1v) is 13.2. The molecule has 1 N–H and O–H groups in total. The summed E-state index contributed by atoms with van der Waals surface area (Å²) in [7, 11) is 1.79. The van der Waals surface area contributed by atoms with Crippen molar-refractivity contribution in [1.29, 1.82) is 0 Å². The fourth-order valence-corrected chi connectivity index (χ4v) is 4.52. The summed E-state index contributed by atoms with van der Waals surface area (Å²) in [5.41, 5.74) is 0.630. The molecule has 4 aromatic heterocycles. The van der Waals surface area contributed by atoms with E-state index in [0.29, 0.717) is 11.3 Å². The Kier molecular flexibility index (Phi) is 7.23. The predicted octanol–water partition coefficient (Wildman–Crippen LogP) is 4.75. The van der Waals surface area contributed by atoms with Gasteiger partial charge in [0.15, 0.2) is 17.3 Å². The lowest BCUT2D eigenvalue weighted by molar-refractivity contribution is 0.213. The highest BCUT2D eigenvalue weighted by Gasteiger charge is 2.18. The topological polar surface area (TPSA) is 127 Å². The van der Waals surface area contributed by atoms with Gasteiger partial charge in [-0.25, -0.2) is 27.5 Å². The van der Waals surface area contributed by atoms with Crippen molar-refractivity contribution in [2.45, 2.75) is 13.5 Å². The summed E-state index contributed by atoms with van der Waals surface area (Å²) < 4.78 is 44.9. The highest BCUT2D eigenvalue weighted by molar-refractivity contribution is 5.86. The Balaban J connectivity index is 1.23. The van der Waals surface area contributed by atoms with Crippen molar-refractivity contribution < 1.29 is 23.0 Å². The molecule has 0 saturated carbocycles. The Morgan fingerprint density at radius 2 is 1.70 bits per heavy atom. The SMILES string of the molecule is CCn1cc(OC(=O)Nc2ccc(Oc3cc(-c4cnn(C)c4)cn4nccc34)c(F)c2)c(=O)n(-c2ccc(F)cc2)c1=O. The minimum Gasteiger partial charge on any atom is -0.452 e. The van der Waals surface area contributed by atoms with E-state index in [1.54, 1.807) is 53.9 Å². The number of amides is 1. The fourth-order valence-electron chi connectivity index (χ4n) is 4.52. The van der Waals surface area contributed by atoms with E-state index >= 15 is 4.39 Å². The Hall–Kier alpha value is -6.05. The second-order valence-electron chi connectivity index (χ2n) is 9.60. The molecule has 6 aromatic rings. The minimum atomic E-state index is -1.10. The van der Waals surface area contributed by atoms with Gasteiger partial charge < -0.3 is 9.47 Å². The van der Waals surface area contributed by atoms with E-state index in [1.807, 2.05) is 6.20 Å². The number of aromatic nitrogens is 6. The van der Waals surface area contributed by atoms with Crippen molar-refractivity contribution in [2.24, 2.45) is 7.05 Å². The molecule has 2 aromatic carbocycles. The van der Waals surface area contributed by atoms with Gasteiger partial charge in [-0.15, -0.1) is 0 Å². The lowest BCUT2D eigenvalue weighted by atomic mass is 10.1. The molecule has 44 heavy (non-hydrogen) atoms. The average molecular weight is 600 g/mol. The maximum atomic E-state index is 15.2. The van der Waals surface area contributed by atoms with Crippen LogP contribution in [0.4, 0.5) is 19.3 Å². The zero-order chi connectivity index (χ0) is 31.0. The molecule has 4 heterocycles. The van der Waals surface area contributed by atoms with Gasteiger partial charge in [-0.1, -0.05) is 0 Å². The molecule has 0 aliphatic carbocycles. The van der Waals surface area contributed by atoms with Gasteiger partial charge in [0.1, 0.15) is 11.3 Å². The number of halogens is 2. The van der Waals surface area contributed by atoms with Crippen molar-refractivity contribution in [3.63, 3.8) is 0 Å². The van der Waals surface area contributed by atoms with Gasteiger partial charge >= 0.3 is 17.3 Å². The number of carbonyl (C=O) groups is 1. The van der Waals surface area contributed by atoms with Crippen LogP contribution in [-0.2, 0) is 13.6 Å². The third-order valence-electron chi connectivity index (χ3n) is 6.66. The Morgan fingerprint density at radius 3 is 2.41 bits per heavy atom. The van der Waals surface area contributed by atoms with Crippen molar-refractivity contribution in [3.8, 4) is 34.1 Å². The second-order valence-corrected chi connectivity index (χ2v) is 9.60. The maximum absolute atomic E-state index is 15.2. The largest absolute Gasteiger partial charge is 0.452 e. The molecule has 0 aliphatic rings. The third kappa shape index (κ3) is 5.43. The number of hydrogen-bond acceptors (Lipinski definition) is 7. The number of anilines is 1. The van der Waals surface area contributed by atoms with Crippen LogP contribution in [0.2, 0.25) is 0 Å². The quantitative estimate of drug-likeness (QED) is 0.281. The number of hydrogen-bond donors (Lipinski definition) is 1. The molecule has 0 fully saturated rings. The van der Waals surface area contributed by atoms with E-state index in [1.165, 1.54) is 24.3 Å². The third-order valence-corrected chi connectivity index (χ3v) is 6.66. The van der Waals surface area contributed by atoms with Crippen LogP contribution >= 0.6 is 0 Å². The molecule has 0 spiro atoms. The summed E-state index contributed by atoms with van der Waals surface area (Å²) in [6.45, 7) is 1.81. The number of nitrogens with zero attached hydrogens (tertiary/aromatic N) is 6. The highest BCUT2D eigenvalue weighted by atomic mass is 19.1. The molecule has 0 bridgehead atoms. The van der Waals surface area contributed by atoms with Crippen LogP contribution in [0.3, 0.4) is 0 Å². The molecule has 0 aliphatic heterocycles. The smallest absolute Gasteiger partial charge is 0.417 e. The molecular weight excluding hydrogens is 576 g/mol. The molecule has 1 amide bonds. The lowest BCUT2D eigenvalue weighted by Gasteiger charge is -2.13. The van der Waals surface area contributed by atoms with Crippen LogP contribution in [0.15, 0.2) is 95.2 Å². The predicted molar refractivity (Wildman–Crippen MR) is 155 cm³/mol. The van der Waals surface area contributed by atoms with Gasteiger partial charge in [0, 0.05) is 48.9 Å². The molecule has 0 radical (unpaired) electrons. The molecular formula is C30H23F2N7O5.